The van der Waals surface area contributed by atoms with Crippen molar-refractivity contribution in [1.82, 2.24) is 10.6 Å². The summed E-state index contributed by atoms with van der Waals surface area (Å²) in [4.78, 5) is 36.0. The van der Waals surface area contributed by atoms with E-state index in [9.17, 15) is 14.4 Å². The van der Waals surface area contributed by atoms with Gasteiger partial charge in [0, 0.05) is 24.2 Å². The van der Waals surface area contributed by atoms with Crippen molar-refractivity contribution in [1.29, 1.82) is 0 Å². The second-order valence-corrected chi connectivity index (χ2v) is 7.15. The van der Waals surface area contributed by atoms with Gasteiger partial charge in [-0.15, -0.1) is 0 Å². The first-order valence-corrected chi connectivity index (χ1v) is 9.29. The summed E-state index contributed by atoms with van der Waals surface area (Å²) in [6, 6.07) is 15.1. The highest BCUT2D eigenvalue weighted by Gasteiger charge is 2.25. The topological polar surface area (TPSA) is 101 Å². The molecule has 27 heavy (non-hydrogen) atoms. The molecule has 6 nitrogen and oxygen atoms in total. The summed E-state index contributed by atoms with van der Waals surface area (Å²) < 4.78 is 0.916. The summed E-state index contributed by atoms with van der Waals surface area (Å²) >= 11 is 3.35. The monoisotopic (exact) mass is 431 g/mol. The lowest BCUT2D eigenvalue weighted by Crippen LogP contribution is -2.54. The van der Waals surface area contributed by atoms with Gasteiger partial charge in [-0.3, -0.25) is 14.4 Å². The highest BCUT2D eigenvalue weighted by molar-refractivity contribution is 9.10. The third-order valence-corrected chi connectivity index (χ3v) is 4.52. The molecule has 2 atom stereocenters. The van der Waals surface area contributed by atoms with E-state index in [2.05, 4.69) is 26.6 Å². The van der Waals surface area contributed by atoms with E-state index in [0.29, 0.717) is 6.42 Å². The van der Waals surface area contributed by atoms with Crippen LogP contribution in [0.1, 0.15) is 18.1 Å². The van der Waals surface area contributed by atoms with Gasteiger partial charge in [0.1, 0.15) is 12.1 Å². The maximum Gasteiger partial charge on any atom is 0.243 e. The Balaban J connectivity index is 2.10. The van der Waals surface area contributed by atoms with E-state index in [1.807, 2.05) is 54.6 Å². The lowest BCUT2D eigenvalue weighted by molar-refractivity contribution is -0.130. The molecule has 0 aliphatic rings. The molecule has 4 N–H and O–H groups in total. The van der Waals surface area contributed by atoms with Crippen molar-refractivity contribution in [3.05, 3.63) is 70.2 Å². The van der Waals surface area contributed by atoms with E-state index in [1.54, 1.807) is 0 Å². The van der Waals surface area contributed by atoms with Crippen LogP contribution < -0.4 is 16.4 Å². The number of amides is 3. The predicted octanol–water partition coefficient (Wildman–Crippen LogP) is 1.71. The van der Waals surface area contributed by atoms with E-state index in [-0.39, 0.29) is 12.3 Å². The molecular formula is C20H22BrN3O3. The molecule has 0 fully saturated rings. The van der Waals surface area contributed by atoms with E-state index in [0.717, 1.165) is 15.6 Å². The van der Waals surface area contributed by atoms with Gasteiger partial charge in [0.05, 0.1) is 0 Å². The minimum absolute atomic E-state index is 0.270. The molecule has 0 spiro atoms. The van der Waals surface area contributed by atoms with Crippen LogP contribution in [0.5, 0.6) is 0 Å². The Morgan fingerprint density at radius 2 is 1.44 bits per heavy atom. The zero-order valence-electron chi connectivity index (χ0n) is 14.9. The van der Waals surface area contributed by atoms with Gasteiger partial charge in [0.2, 0.25) is 17.7 Å². The summed E-state index contributed by atoms with van der Waals surface area (Å²) in [5.41, 5.74) is 7.23. The first kappa shape index (κ1) is 20.6. The number of rotatable bonds is 8. The van der Waals surface area contributed by atoms with Gasteiger partial charge in [-0.05, 0) is 23.3 Å². The number of nitrogens with one attached hydrogen (secondary N) is 2. The maximum absolute atomic E-state index is 12.7. The molecule has 7 heteroatoms. The number of halogens is 1. The van der Waals surface area contributed by atoms with E-state index < -0.39 is 23.9 Å². The second kappa shape index (κ2) is 9.87. The van der Waals surface area contributed by atoms with Gasteiger partial charge in [-0.2, -0.15) is 0 Å². The first-order chi connectivity index (χ1) is 12.8. The van der Waals surface area contributed by atoms with Crippen LogP contribution in [-0.4, -0.2) is 29.8 Å². The quantitative estimate of drug-likeness (QED) is 0.592. The first-order valence-electron chi connectivity index (χ1n) is 8.50. The minimum atomic E-state index is -0.870. The number of nitrogens with two attached hydrogens (primary N) is 1. The van der Waals surface area contributed by atoms with Crippen LogP contribution in [0.3, 0.4) is 0 Å². The average molecular weight is 432 g/mol. The molecule has 3 amide bonds. The Bertz CT molecular complexity index is 794. The molecule has 0 radical (unpaired) electrons. The Hall–Kier alpha value is -2.67. The van der Waals surface area contributed by atoms with Crippen LogP contribution in [0.4, 0.5) is 0 Å². The van der Waals surface area contributed by atoms with Gasteiger partial charge < -0.3 is 16.4 Å². The molecule has 0 saturated heterocycles. The fourth-order valence-electron chi connectivity index (χ4n) is 2.66. The number of hydrogen-bond acceptors (Lipinski definition) is 3. The Kier molecular flexibility index (Phi) is 7.55. The molecule has 0 aliphatic carbocycles. The lowest BCUT2D eigenvalue weighted by atomic mass is 10.0. The van der Waals surface area contributed by atoms with E-state index in [4.69, 9.17) is 5.73 Å². The van der Waals surface area contributed by atoms with Gasteiger partial charge in [0.15, 0.2) is 0 Å². The molecule has 2 rings (SSSR count). The van der Waals surface area contributed by atoms with Crippen LogP contribution in [0.15, 0.2) is 59.1 Å². The molecule has 142 valence electrons. The highest BCUT2D eigenvalue weighted by Crippen LogP contribution is 2.12. The van der Waals surface area contributed by atoms with Crippen LogP contribution in [-0.2, 0) is 27.2 Å². The van der Waals surface area contributed by atoms with Crippen LogP contribution >= 0.6 is 15.9 Å². The SMILES string of the molecule is CC(=O)N[C@H](Cc1ccccc1)C(=O)N[C@H](Cc1ccc(Br)cc1)C(N)=O. The van der Waals surface area contributed by atoms with Crippen molar-refractivity contribution in [2.24, 2.45) is 5.73 Å². The van der Waals surface area contributed by atoms with Crippen LogP contribution in [0, 0.1) is 0 Å². The predicted molar refractivity (Wildman–Crippen MR) is 107 cm³/mol. The third-order valence-electron chi connectivity index (χ3n) is 3.99. The summed E-state index contributed by atoms with van der Waals surface area (Å²) in [5.74, 6) is -1.41. The number of carbonyl (C=O) groups is 3. The average Bonchev–Trinajstić information content (AvgIpc) is 2.62. The highest BCUT2D eigenvalue weighted by atomic mass is 79.9. The number of primary amides is 1. The molecule has 0 aliphatic heterocycles. The third kappa shape index (κ3) is 6.86. The Morgan fingerprint density at radius 1 is 0.889 bits per heavy atom. The summed E-state index contributed by atoms with van der Waals surface area (Å²) in [5, 5.41) is 5.30. The summed E-state index contributed by atoms with van der Waals surface area (Å²) in [6.45, 7) is 1.35. The molecule has 0 bridgehead atoms. The van der Waals surface area contributed by atoms with Crippen molar-refractivity contribution in [3.8, 4) is 0 Å². The zero-order chi connectivity index (χ0) is 19.8. The van der Waals surface area contributed by atoms with Crippen molar-refractivity contribution in [3.63, 3.8) is 0 Å². The van der Waals surface area contributed by atoms with Crippen molar-refractivity contribution >= 4 is 33.7 Å². The molecule has 0 heterocycles. The fraction of sp³-hybridized carbons (Fsp3) is 0.250. The lowest BCUT2D eigenvalue weighted by Gasteiger charge is -2.22. The largest absolute Gasteiger partial charge is 0.368 e. The van der Waals surface area contributed by atoms with Gasteiger partial charge in [-0.1, -0.05) is 58.4 Å². The van der Waals surface area contributed by atoms with Crippen molar-refractivity contribution in [2.45, 2.75) is 31.8 Å². The standard InChI is InChI=1S/C20H22BrN3O3/c1-13(25)23-18(12-14-5-3-2-4-6-14)20(27)24-17(19(22)26)11-15-7-9-16(21)10-8-15/h2-10,17-18H,11-12H2,1H3,(H2,22,26)(H,23,25)(H,24,27)/t17-,18-/m1/s1. The number of carbonyl (C=O) groups excluding carboxylic acids is 3. The molecular weight excluding hydrogens is 410 g/mol. The Labute approximate surface area is 166 Å². The molecule has 0 saturated carbocycles. The number of benzene rings is 2. The van der Waals surface area contributed by atoms with Crippen LogP contribution in [0.2, 0.25) is 0 Å². The van der Waals surface area contributed by atoms with Crippen molar-refractivity contribution < 1.29 is 14.4 Å². The molecule has 0 unspecified atom stereocenters. The zero-order valence-corrected chi connectivity index (χ0v) is 16.5. The minimum Gasteiger partial charge on any atom is -0.368 e. The summed E-state index contributed by atoms with van der Waals surface area (Å²) in [6.07, 6.45) is 0.586. The van der Waals surface area contributed by atoms with Gasteiger partial charge >= 0.3 is 0 Å². The maximum atomic E-state index is 12.7. The molecule has 2 aromatic rings. The van der Waals surface area contributed by atoms with Crippen LogP contribution in [0.25, 0.3) is 0 Å². The molecule has 2 aromatic carbocycles. The summed E-state index contributed by atoms with van der Waals surface area (Å²) in [7, 11) is 0. The molecule has 0 aromatic heterocycles. The van der Waals surface area contributed by atoms with E-state index >= 15 is 0 Å². The smallest absolute Gasteiger partial charge is 0.243 e. The van der Waals surface area contributed by atoms with Gasteiger partial charge in [0.25, 0.3) is 0 Å². The second-order valence-electron chi connectivity index (χ2n) is 6.24. The van der Waals surface area contributed by atoms with Gasteiger partial charge in [-0.25, -0.2) is 0 Å². The fourth-order valence-corrected chi connectivity index (χ4v) is 2.92. The van der Waals surface area contributed by atoms with Crippen molar-refractivity contribution in [2.75, 3.05) is 0 Å². The number of hydrogen-bond donors (Lipinski definition) is 3. The normalized spacial score (nSPS) is 12.7. The Morgan fingerprint density at radius 3 is 2.00 bits per heavy atom. The van der Waals surface area contributed by atoms with E-state index in [1.165, 1.54) is 6.92 Å².